The minimum atomic E-state index is -0.667. The normalized spacial score (nSPS) is 10.7. The van der Waals surface area contributed by atoms with Gasteiger partial charge in [-0.25, -0.2) is 0 Å². The lowest BCUT2D eigenvalue weighted by molar-refractivity contribution is 0.00304. The Labute approximate surface area is 85.0 Å². The lowest BCUT2D eigenvalue weighted by Gasteiger charge is -2.24. The van der Waals surface area contributed by atoms with Gasteiger partial charge in [0, 0.05) is 12.5 Å². The average molecular weight is 210 g/mol. The van der Waals surface area contributed by atoms with Gasteiger partial charge in [0.1, 0.15) is 0 Å². The molecule has 14 heavy (non-hydrogen) atoms. The fourth-order valence-electron chi connectivity index (χ4n) is 0.577. The molecule has 0 spiro atoms. The molecule has 0 unspecified atom stereocenters. The molecule has 0 aliphatic rings. The monoisotopic (exact) mass is 210 g/mol. The van der Waals surface area contributed by atoms with Crippen molar-refractivity contribution in [2.24, 2.45) is 5.41 Å². The first-order valence-electron chi connectivity index (χ1n) is 4.58. The molecule has 0 fully saturated rings. The van der Waals surface area contributed by atoms with E-state index in [-0.39, 0.29) is 26.4 Å². The number of hydrogen-bond acceptors (Lipinski definition) is 5. The zero-order valence-corrected chi connectivity index (χ0v) is 8.94. The van der Waals surface area contributed by atoms with Crippen molar-refractivity contribution in [1.29, 1.82) is 0 Å². The summed E-state index contributed by atoms with van der Waals surface area (Å²) in [6.45, 7) is 1.92. The molecule has 0 aromatic heterocycles. The number of aliphatic hydroxyl groups excluding tert-OH is 4. The van der Waals surface area contributed by atoms with E-state index in [9.17, 15) is 0 Å². The lowest BCUT2D eigenvalue weighted by Crippen LogP contribution is -2.32. The molecule has 0 aliphatic carbocycles. The molecular formula is C9H22O5. The predicted molar refractivity (Wildman–Crippen MR) is 52.9 cm³/mol. The second kappa shape index (κ2) is 10.9. The van der Waals surface area contributed by atoms with Gasteiger partial charge >= 0.3 is 0 Å². The van der Waals surface area contributed by atoms with Gasteiger partial charge in [0.05, 0.1) is 33.0 Å². The van der Waals surface area contributed by atoms with Crippen molar-refractivity contribution in [3.05, 3.63) is 0 Å². The Balaban J connectivity index is 0. The molecule has 0 heterocycles. The Morgan fingerprint density at radius 3 is 1.43 bits per heavy atom. The molecule has 0 saturated heterocycles. The highest BCUT2D eigenvalue weighted by atomic mass is 16.5. The van der Waals surface area contributed by atoms with Gasteiger partial charge in [0.2, 0.25) is 0 Å². The highest BCUT2D eigenvalue weighted by molar-refractivity contribution is 4.74. The van der Waals surface area contributed by atoms with Crippen LogP contribution in [0.15, 0.2) is 0 Å². The third-order valence-corrected chi connectivity index (χ3v) is 2.05. The van der Waals surface area contributed by atoms with E-state index in [2.05, 4.69) is 4.74 Å². The quantitative estimate of drug-likeness (QED) is 0.451. The van der Waals surface area contributed by atoms with Crippen LogP contribution in [0.5, 0.6) is 0 Å². The molecule has 4 N–H and O–H groups in total. The van der Waals surface area contributed by atoms with E-state index in [1.807, 2.05) is 6.92 Å². The van der Waals surface area contributed by atoms with Crippen molar-refractivity contribution < 1.29 is 25.2 Å². The molecule has 0 atom stereocenters. The highest BCUT2D eigenvalue weighted by Gasteiger charge is 2.24. The molecule has 0 aromatic carbocycles. The van der Waals surface area contributed by atoms with Gasteiger partial charge in [-0.3, -0.25) is 0 Å². The number of aliphatic hydroxyl groups is 4. The Morgan fingerprint density at radius 1 is 1.00 bits per heavy atom. The lowest BCUT2D eigenvalue weighted by atomic mass is 9.88. The van der Waals surface area contributed by atoms with Crippen LogP contribution in [0.25, 0.3) is 0 Å². The minimum Gasteiger partial charge on any atom is -0.396 e. The van der Waals surface area contributed by atoms with Crippen molar-refractivity contribution >= 4 is 0 Å². The van der Waals surface area contributed by atoms with Gasteiger partial charge in [-0.05, 0) is 6.42 Å². The van der Waals surface area contributed by atoms with E-state index < -0.39 is 5.41 Å². The first-order chi connectivity index (χ1) is 6.66. The molecule has 0 amide bonds. The van der Waals surface area contributed by atoms with Crippen LogP contribution in [0.2, 0.25) is 0 Å². The fraction of sp³-hybridized carbons (Fsp3) is 1.00. The minimum absolute atomic E-state index is 0.122. The number of rotatable bonds is 6. The third kappa shape index (κ3) is 7.23. The zero-order valence-electron chi connectivity index (χ0n) is 8.94. The third-order valence-electron chi connectivity index (χ3n) is 2.05. The van der Waals surface area contributed by atoms with Crippen LogP contribution in [0.3, 0.4) is 0 Å². The highest BCUT2D eigenvalue weighted by Crippen LogP contribution is 2.18. The Morgan fingerprint density at radius 2 is 1.43 bits per heavy atom. The van der Waals surface area contributed by atoms with Crippen molar-refractivity contribution in [1.82, 2.24) is 0 Å². The van der Waals surface area contributed by atoms with Gasteiger partial charge in [0.25, 0.3) is 0 Å². The van der Waals surface area contributed by atoms with Gasteiger partial charge in [-0.1, -0.05) is 6.92 Å². The van der Waals surface area contributed by atoms with Crippen LogP contribution in [-0.2, 0) is 4.74 Å². The van der Waals surface area contributed by atoms with Crippen LogP contribution < -0.4 is 0 Å². The zero-order chi connectivity index (χ0) is 11.4. The number of hydrogen-bond donors (Lipinski definition) is 4. The standard InChI is InChI=1S/C6H14O3.C3H8O2/c1-2-6(3-7,4-8)5-9;1-5-3-2-4/h7-9H,2-5H2,1H3;4H,2-3H2,1H3. The van der Waals surface area contributed by atoms with Crippen LogP contribution >= 0.6 is 0 Å². The maximum Gasteiger partial charge on any atom is 0.0693 e. The molecule has 0 bridgehead atoms. The first kappa shape index (κ1) is 16.2. The van der Waals surface area contributed by atoms with Gasteiger partial charge in [-0.15, -0.1) is 0 Å². The fourth-order valence-corrected chi connectivity index (χ4v) is 0.577. The van der Waals surface area contributed by atoms with Crippen LogP contribution in [0.1, 0.15) is 13.3 Å². The summed E-state index contributed by atoms with van der Waals surface area (Å²) in [6, 6.07) is 0. The van der Waals surface area contributed by atoms with Crippen molar-refractivity contribution in [2.75, 3.05) is 40.1 Å². The Hall–Kier alpha value is -0.200. The average Bonchev–Trinajstić information content (AvgIpc) is 2.24. The summed E-state index contributed by atoms with van der Waals surface area (Å²) in [5, 5.41) is 33.9. The molecule has 88 valence electrons. The van der Waals surface area contributed by atoms with E-state index in [1.54, 1.807) is 7.11 Å². The van der Waals surface area contributed by atoms with E-state index in [0.717, 1.165) is 0 Å². The maximum atomic E-state index is 8.66. The Kier molecular flexibility index (Phi) is 12.6. The molecule has 0 rings (SSSR count). The van der Waals surface area contributed by atoms with E-state index in [1.165, 1.54) is 0 Å². The summed E-state index contributed by atoms with van der Waals surface area (Å²) < 4.78 is 4.44. The Bertz CT molecular complexity index is 83.9. The van der Waals surface area contributed by atoms with Gasteiger partial charge < -0.3 is 25.2 Å². The van der Waals surface area contributed by atoms with Crippen molar-refractivity contribution in [3.63, 3.8) is 0 Å². The van der Waals surface area contributed by atoms with Crippen LogP contribution in [-0.4, -0.2) is 60.6 Å². The summed E-state index contributed by atoms with van der Waals surface area (Å²) >= 11 is 0. The predicted octanol–water partition coefficient (Wildman–Crippen LogP) is -1.02. The van der Waals surface area contributed by atoms with Crippen molar-refractivity contribution in [2.45, 2.75) is 13.3 Å². The van der Waals surface area contributed by atoms with E-state index >= 15 is 0 Å². The first-order valence-corrected chi connectivity index (χ1v) is 4.58. The molecule has 0 saturated carbocycles. The van der Waals surface area contributed by atoms with Crippen molar-refractivity contribution in [3.8, 4) is 0 Å². The topological polar surface area (TPSA) is 90.2 Å². The van der Waals surface area contributed by atoms with Crippen LogP contribution in [0, 0.1) is 5.41 Å². The summed E-state index contributed by atoms with van der Waals surface area (Å²) in [7, 11) is 1.55. The number of methoxy groups -OCH3 is 1. The molecule has 0 aromatic rings. The van der Waals surface area contributed by atoms with Gasteiger partial charge in [-0.2, -0.15) is 0 Å². The smallest absolute Gasteiger partial charge is 0.0693 e. The molecule has 0 radical (unpaired) electrons. The summed E-state index contributed by atoms with van der Waals surface area (Å²) in [5.74, 6) is 0. The molecule has 0 aliphatic heterocycles. The van der Waals surface area contributed by atoms with E-state index in [4.69, 9.17) is 20.4 Å². The largest absolute Gasteiger partial charge is 0.396 e. The van der Waals surface area contributed by atoms with E-state index in [0.29, 0.717) is 13.0 Å². The summed E-state index contributed by atoms with van der Waals surface area (Å²) in [5.41, 5.74) is -0.667. The maximum absolute atomic E-state index is 8.66. The number of ether oxygens (including phenoxy) is 1. The second-order valence-corrected chi connectivity index (χ2v) is 3.04. The SMILES string of the molecule is CCC(CO)(CO)CO.COCCO. The molecular weight excluding hydrogens is 188 g/mol. The summed E-state index contributed by atoms with van der Waals surface area (Å²) in [6.07, 6.45) is 0.594. The molecule has 5 nitrogen and oxygen atoms in total. The summed E-state index contributed by atoms with van der Waals surface area (Å²) in [4.78, 5) is 0. The van der Waals surface area contributed by atoms with Gasteiger partial charge in [0.15, 0.2) is 0 Å². The second-order valence-electron chi connectivity index (χ2n) is 3.04. The molecule has 5 heteroatoms. The van der Waals surface area contributed by atoms with Crippen LogP contribution in [0.4, 0.5) is 0 Å².